The first-order valence-electron chi connectivity index (χ1n) is 7.56. The molecule has 1 aromatic carbocycles. The van der Waals surface area contributed by atoms with Crippen molar-refractivity contribution in [1.82, 2.24) is 4.98 Å². The van der Waals surface area contributed by atoms with E-state index in [1.165, 1.54) is 13.3 Å². The molecule has 0 spiro atoms. The van der Waals surface area contributed by atoms with Crippen LogP contribution in [0.3, 0.4) is 0 Å². The number of benzene rings is 1. The largest absolute Gasteiger partial charge is 0.465 e. The highest BCUT2D eigenvalue weighted by Gasteiger charge is 2.59. The van der Waals surface area contributed by atoms with E-state index in [1.807, 2.05) is 0 Å². The van der Waals surface area contributed by atoms with E-state index in [0.29, 0.717) is 35.6 Å². The van der Waals surface area contributed by atoms with Gasteiger partial charge in [0.1, 0.15) is 5.75 Å². The van der Waals surface area contributed by atoms with E-state index in [0.717, 1.165) is 6.92 Å². The Morgan fingerprint density at radius 2 is 1.83 bits per heavy atom. The summed E-state index contributed by atoms with van der Waals surface area (Å²) in [6.45, 7) is 0.969. The maximum atomic E-state index is 13.7. The molecule has 0 unspecified atom stereocenters. The van der Waals surface area contributed by atoms with Gasteiger partial charge in [-0.25, -0.2) is 18.6 Å². The summed E-state index contributed by atoms with van der Waals surface area (Å²) >= 11 is 0. The quantitative estimate of drug-likeness (QED) is 0.764. The summed E-state index contributed by atoms with van der Waals surface area (Å²) in [5.41, 5.74) is -0.0937. The van der Waals surface area contributed by atoms with Crippen molar-refractivity contribution in [2.75, 3.05) is 7.11 Å². The third-order valence-electron chi connectivity index (χ3n) is 4.38. The lowest BCUT2D eigenvalue weighted by Gasteiger charge is -2.23. The molecule has 0 bridgehead atoms. The molecular formula is C18H17F2NO3. The maximum absolute atomic E-state index is 13.7. The third kappa shape index (κ3) is 2.96. The summed E-state index contributed by atoms with van der Waals surface area (Å²) in [7, 11) is 1.29. The fraction of sp³-hybridized carbons (Fsp3) is 0.333. The highest BCUT2D eigenvalue weighted by molar-refractivity contribution is 5.88. The monoisotopic (exact) mass is 333 g/mol. The minimum atomic E-state index is -2.74. The molecule has 3 rings (SSSR count). The predicted molar refractivity (Wildman–Crippen MR) is 83.6 cm³/mol. The molecule has 0 aliphatic heterocycles. The van der Waals surface area contributed by atoms with E-state index in [2.05, 4.69) is 9.72 Å². The van der Waals surface area contributed by atoms with Crippen LogP contribution in [0, 0.1) is 0 Å². The lowest BCUT2D eigenvalue weighted by molar-refractivity contribution is -0.0200. The number of hydrogen-bond acceptors (Lipinski definition) is 4. The molecule has 1 fully saturated rings. The molecule has 4 nitrogen and oxygen atoms in total. The third-order valence-corrected chi connectivity index (χ3v) is 4.38. The van der Waals surface area contributed by atoms with Crippen LogP contribution in [0.25, 0.3) is 0 Å². The zero-order valence-corrected chi connectivity index (χ0v) is 13.4. The van der Waals surface area contributed by atoms with Crippen molar-refractivity contribution in [3.63, 3.8) is 0 Å². The van der Waals surface area contributed by atoms with Gasteiger partial charge in [-0.3, -0.25) is 0 Å². The van der Waals surface area contributed by atoms with Gasteiger partial charge in [0.25, 0.3) is 5.92 Å². The van der Waals surface area contributed by atoms with Gasteiger partial charge in [-0.15, -0.1) is 0 Å². The van der Waals surface area contributed by atoms with Crippen LogP contribution in [0.2, 0.25) is 0 Å². The normalized spacial score (nSPS) is 15.7. The molecule has 0 N–H and O–H groups in total. The van der Waals surface area contributed by atoms with Crippen molar-refractivity contribution in [2.24, 2.45) is 0 Å². The molecule has 0 atom stereocenters. The average molecular weight is 333 g/mol. The van der Waals surface area contributed by atoms with Crippen molar-refractivity contribution in [2.45, 2.75) is 31.1 Å². The van der Waals surface area contributed by atoms with Gasteiger partial charge >= 0.3 is 5.97 Å². The SMILES string of the molecule is COC(=O)c1ccc(Oc2ccc(C3(C(C)(F)F)CC3)cc2)nc1. The van der Waals surface area contributed by atoms with Gasteiger partial charge < -0.3 is 9.47 Å². The van der Waals surface area contributed by atoms with Gasteiger partial charge in [-0.05, 0) is 36.6 Å². The minimum Gasteiger partial charge on any atom is -0.465 e. The van der Waals surface area contributed by atoms with Crippen LogP contribution in [0.4, 0.5) is 8.78 Å². The average Bonchev–Trinajstić information content (AvgIpc) is 3.37. The van der Waals surface area contributed by atoms with Gasteiger partial charge in [0.05, 0.1) is 18.1 Å². The number of methoxy groups -OCH3 is 1. The number of alkyl halides is 2. The fourth-order valence-corrected chi connectivity index (χ4v) is 2.75. The molecule has 0 saturated heterocycles. The first kappa shape index (κ1) is 16.4. The standard InChI is InChI=1S/C18H17F2NO3/c1-17(19,20)18(9-10-18)13-4-6-14(7-5-13)24-15-8-3-12(11-21-15)16(22)23-2/h3-8,11H,9-10H2,1-2H3. The second kappa shape index (κ2) is 5.85. The van der Waals surface area contributed by atoms with Crippen LogP contribution >= 0.6 is 0 Å². The van der Waals surface area contributed by atoms with Gasteiger partial charge in [0, 0.05) is 19.2 Å². The van der Waals surface area contributed by atoms with Gasteiger partial charge in [0.15, 0.2) is 0 Å². The smallest absolute Gasteiger partial charge is 0.339 e. The van der Waals surface area contributed by atoms with E-state index >= 15 is 0 Å². The summed E-state index contributed by atoms with van der Waals surface area (Å²) in [5, 5.41) is 0. The van der Waals surface area contributed by atoms with E-state index in [4.69, 9.17) is 4.74 Å². The second-order valence-corrected chi connectivity index (χ2v) is 5.97. The van der Waals surface area contributed by atoms with Gasteiger partial charge in [0.2, 0.25) is 5.88 Å². The van der Waals surface area contributed by atoms with Crippen LogP contribution in [-0.4, -0.2) is 24.0 Å². The molecular weight excluding hydrogens is 316 g/mol. The van der Waals surface area contributed by atoms with Crippen LogP contribution in [0.15, 0.2) is 42.6 Å². The zero-order chi connectivity index (χ0) is 17.4. The fourth-order valence-electron chi connectivity index (χ4n) is 2.75. The van der Waals surface area contributed by atoms with Crippen molar-refractivity contribution in [3.8, 4) is 11.6 Å². The van der Waals surface area contributed by atoms with E-state index in [-0.39, 0.29) is 0 Å². The number of carbonyl (C=O) groups excluding carboxylic acids is 1. The Labute approximate surface area is 138 Å². The van der Waals surface area contributed by atoms with E-state index < -0.39 is 17.3 Å². The Kier molecular flexibility index (Phi) is 3.99. The second-order valence-electron chi connectivity index (χ2n) is 5.97. The first-order chi connectivity index (χ1) is 11.4. The predicted octanol–water partition coefficient (Wildman–Crippen LogP) is 4.35. The molecule has 6 heteroatoms. The minimum absolute atomic E-state index is 0.303. The van der Waals surface area contributed by atoms with E-state index in [9.17, 15) is 13.6 Å². The molecule has 0 amide bonds. The van der Waals surface area contributed by atoms with Crippen molar-refractivity contribution in [3.05, 3.63) is 53.7 Å². The number of pyridine rings is 1. The maximum Gasteiger partial charge on any atom is 0.339 e. The summed E-state index contributed by atoms with van der Waals surface area (Å²) in [4.78, 5) is 15.4. The Balaban J connectivity index is 1.72. The Hall–Kier alpha value is -2.50. The number of rotatable bonds is 5. The molecule has 1 saturated carbocycles. The number of aromatic nitrogens is 1. The van der Waals surface area contributed by atoms with Gasteiger partial charge in [-0.2, -0.15) is 0 Å². The summed E-state index contributed by atoms with van der Waals surface area (Å²) in [6, 6.07) is 9.72. The van der Waals surface area contributed by atoms with Crippen LogP contribution in [-0.2, 0) is 10.2 Å². The molecule has 1 aliphatic carbocycles. The molecule has 1 heterocycles. The highest BCUT2D eigenvalue weighted by atomic mass is 19.3. The Bertz CT molecular complexity index is 732. The summed E-state index contributed by atoms with van der Waals surface area (Å²) in [5.74, 6) is -2.42. The number of halogens is 2. The van der Waals surface area contributed by atoms with Crippen molar-refractivity contribution >= 4 is 5.97 Å². The van der Waals surface area contributed by atoms with Gasteiger partial charge in [-0.1, -0.05) is 12.1 Å². The highest BCUT2D eigenvalue weighted by Crippen LogP contribution is 2.58. The summed E-state index contributed by atoms with van der Waals surface area (Å²) < 4.78 is 37.7. The van der Waals surface area contributed by atoms with E-state index in [1.54, 1.807) is 36.4 Å². The lowest BCUT2D eigenvalue weighted by Crippen LogP contribution is -2.29. The van der Waals surface area contributed by atoms with Crippen LogP contribution in [0.1, 0.15) is 35.7 Å². The number of carbonyl (C=O) groups is 1. The number of ether oxygens (including phenoxy) is 2. The molecule has 24 heavy (non-hydrogen) atoms. The number of nitrogens with zero attached hydrogens (tertiary/aromatic N) is 1. The molecule has 126 valence electrons. The molecule has 1 aliphatic rings. The molecule has 1 aromatic heterocycles. The first-order valence-corrected chi connectivity index (χ1v) is 7.56. The Morgan fingerprint density at radius 1 is 1.17 bits per heavy atom. The number of esters is 1. The molecule has 0 radical (unpaired) electrons. The van der Waals surface area contributed by atoms with Crippen LogP contribution in [0.5, 0.6) is 11.6 Å². The lowest BCUT2D eigenvalue weighted by atomic mass is 9.90. The van der Waals surface area contributed by atoms with Crippen molar-refractivity contribution in [1.29, 1.82) is 0 Å². The van der Waals surface area contributed by atoms with Crippen molar-refractivity contribution < 1.29 is 23.0 Å². The van der Waals surface area contributed by atoms with Crippen LogP contribution < -0.4 is 4.74 Å². The zero-order valence-electron chi connectivity index (χ0n) is 13.4. The summed E-state index contributed by atoms with van der Waals surface area (Å²) in [6.07, 6.45) is 2.34. The molecule has 2 aromatic rings. The Morgan fingerprint density at radius 3 is 2.29 bits per heavy atom. The number of hydrogen-bond donors (Lipinski definition) is 0. The topological polar surface area (TPSA) is 48.4 Å².